The maximum atomic E-state index is 13.0. The van der Waals surface area contributed by atoms with Crippen molar-refractivity contribution in [2.45, 2.75) is 96.1 Å². The van der Waals surface area contributed by atoms with E-state index in [1.54, 1.807) is 13.8 Å². The van der Waals surface area contributed by atoms with Crippen LogP contribution >= 0.6 is 0 Å². The lowest BCUT2D eigenvalue weighted by molar-refractivity contribution is -0.134. The van der Waals surface area contributed by atoms with Gasteiger partial charge in [-0.15, -0.1) is 0 Å². The second-order valence-electron chi connectivity index (χ2n) is 10.0. The normalized spacial score (nSPS) is 28.6. The Morgan fingerprint density at radius 1 is 0.893 bits per heavy atom. The quantitative estimate of drug-likeness (QED) is 0.629. The summed E-state index contributed by atoms with van der Waals surface area (Å²) in [7, 11) is -2.98. The van der Waals surface area contributed by atoms with Crippen molar-refractivity contribution in [1.29, 1.82) is 0 Å². The summed E-state index contributed by atoms with van der Waals surface area (Å²) >= 11 is 0. The molecule has 2 aliphatic carbocycles. The van der Waals surface area contributed by atoms with E-state index in [1.807, 2.05) is 4.90 Å². The van der Waals surface area contributed by atoms with E-state index in [2.05, 4.69) is 0 Å². The van der Waals surface area contributed by atoms with E-state index >= 15 is 0 Å². The maximum absolute atomic E-state index is 13.0. The molecule has 1 saturated heterocycles. The zero-order chi connectivity index (χ0) is 20.1. The molecule has 0 aromatic rings. The molecule has 0 aromatic carbocycles. The van der Waals surface area contributed by atoms with Gasteiger partial charge in [-0.2, -0.15) is 0 Å². The number of likely N-dealkylation sites (tertiary alicyclic amines) is 1. The second kappa shape index (κ2) is 9.95. The Bertz CT molecular complexity index is 601. The highest BCUT2D eigenvalue weighted by Crippen LogP contribution is 2.43. The SMILES string of the molecule is CC(C)S(=O)(=O)CC1CCN(C(=O)CC2CCCCC2C2CCCCC2)CC1. The fourth-order valence-corrected chi connectivity index (χ4v) is 7.27. The molecule has 162 valence electrons. The van der Waals surface area contributed by atoms with Gasteiger partial charge in [0.15, 0.2) is 9.84 Å². The predicted octanol–water partition coefficient (Wildman–Crippen LogP) is 4.83. The molecule has 28 heavy (non-hydrogen) atoms. The molecular weight excluding hydrogens is 370 g/mol. The Balaban J connectivity index is 1.49. The summed E-state index contributed by atoms with van der Waals surface area (Å²) in [4.78, 5) is 15.0. The number of hydrogen-bond donors (Lipinski definition) is 0. The van der Waals surface area contributed by atoms with Crippen LogP contribution < -0.4 is 0 Å². The van der Waals surface area contributed by atoms with Gasteiger partial charge in [0.25, 0.3) is 0 Å². The first-order chi connectivity index (χ1) is 13.4. The van der Waals surface area contributed by atoms with Crippen molar-refractivity contribution < 1.29 is 13.2 Å². The van der Waals surface area contributed by atoms with Gasteiger partial charge in [-0.25, -0.2) is 8.42 Å². The molecule has 3 aliphatic rings. The number of carbonyl (C=O) groups is 1. The highest BCUT2D eigenvalue weighted by Gasteiger charge is 2.35. The molecule has 2 atom stereocenters. The average molecular weight is 412 g/mol. The number of piperidine rings is 1. The molecule has 1 aliphatic heterocycles. The van der Waals surface area contributed by atoms with Gasteiger partial charge < -0.3 is 4.90 Å². The lowest BCUT2D eigenvalue weighted by Gasteiger charge is -2.40. The smallest absolute Gasteiger partial charge is 0.222 e. The molecular formula is C23H41NO3S. The van der Waals surface area contributed by atoms with Gasteiger partial charge in [-0.1, -0.05) is 44.9 Å². The summed E-state index contributed by atoms with van der Waals surface area (Å²) in [5, 5.41) is -0.296. The third-order valence-corrected chi connectivity index (χ3v) is 10.2. The summed E-state index contributed by atoms with van der Waals surface area (Å²) in [6, 6.07) is 0. The van der Waals surface area contributed by atoms with Crippen LogP contribution in [0.3, 0.4) is 0 Å². The number of carbonyl (C=O) groups excluding carboxylic acids is 1. The Morgan fingerprint density at radius 2 is 1.50 bits per heavy atom. The maximum Gasteiger partial charge on any atom is 0.222 e. The fraction of sp³-hybridized carbons (Fsp3) is 0.957. The van der Waals surface area contributed by atoms with E-state index in [0.29, 0.717) is 17.6 Å². The summed E-state index contributed by atoms with van der Waals surface area (Å²) in [5.74, 6) is 3.06. The van der Waals surface area contributed by atoms with Crippen molar-refractivity contribution in [3.63, 3.8) is 0 Å². The first kappa shape index (κ1) is 22.1. The monoisotopic (exact) mass is 411 g/mol. The molecule has 1 amide bonds. The first-order valence-electron chi connectivity index (χ1n) is 11.9. The number of rotatable bonds is 6. The van der Waals surface area contributed by atoms with Gasteiger partial charge in [0.05, 0.1) is 11.0 Å². The van der Waals surface area contributed by atoms with Crippen molar-refractivity contribution >= 4 is 15.7 Å². The lowest BCUT2D eigenvalue weighted by Crippen LogP contribution is -2.42. The van der Waals surface area contributed by atoms with Gasteiger partial charge >= 0.3 is 0 Å². The molecule has 1 heterocycles. The summed E-state index contributed by atoms with van der Waals surface area (Å²) in [6.07, 6.45) is 14.5. The van der Waals surface area contributed by atoms with Crippen molar-refractivity contribution in [2.24, 2.45) is 23.7 Å². The molecule has 0 bridgehead atoms. The molecule has 4 nitrogen and oxygen atoms in total. The molecule has 5 heteroatoms. The van der Waals surface area contributed by atoms with E-state index in [-0.39, 0.29) is 11.2 Å². The van der Waals surface area contributed by atoms with Crippen LogP contribution in [-0.2, 0) is 14.6 Å². The minimum Gasteiger partial charge on any atom is -0.343 e. The fourth-order valence-electron chi connectivity index (χ4n) is 5.90. The third kappa shape index (κ3) is 5.73. The van der Waals surface area contributed by atoms with Crippen LogP contribution in [0.25, 0.3) is 0 Å². The van der Waals surface area contributed by atoms with E-state index in [4.69, 9.17) is 0 Å². The van der Waals surface area contributed by atoms with Gasteiger partial charge in [0.2, 0.25) is 5.91 Å². The highest BCUT2D eigenvalue weighted by atomic mass is 32.2. The Kier molecular flexibility index (Phi) is 7.86. The van der Waals surface area contributed by atoms with Crippen LogP contribution in [0.2, 0.25) is 0 Å². The molecule has 0 aromatic heterocycles. The van der Waals surface area contributed by atoms with Crippen LogP contribution in [0, 0.1) is 23.7 Å². The van der Waals surface area contributed by atoms with Gasteiger partial charge in [-0.3, -0.25) is 4.79 Å². The standard InChI is InChI=1S/C23H41NO3S/c1-18(2)28(26,27)17-19-12-14-24(15-13-19)23(25)16-21-10-6-7-11-22(21)20-8-4-3-5-9-20/h18-22H,3-17H2,1-2H3. The molecule has 2 unspecified atom stereocenters. The molecule has 3 fully saturated rings. The summed E-state index contributed by atoms with van der Waals surface area (Å²) in [6.45, 7) is 5.03. The first-order valence-corrected chi connectivity index (χ1v) is 13.6. The largest absolute Gasteiger partial charge is 0.343 e. The van der Waals surface area contributed by atoms with Gasteiger partial charge in [-0.05, 0) is 63.2 Å². The van der Waals surface area contributed by atoms with Crippen LogP contribution in [0.15, 0.2) is 0 Å². The number of nitrogens with zero attached hydrogens (tertiary/aromatic N) is 1. The minimum atomic E-state index is -2.98. The van der Waals surface area contributed by atoms with E-state index in [9.17, 15) is 13.2 Å². The van der Waals surface area contributed by atoms with Crippen LogP contribution in [0.5, 0.6) is 0 Å². The molecule has 0 N–H and O–H groups in total. The topological polar surface area (TPSA) is 54.5 Å². The number of sulfone groups is 1. The average Bonchev–Trinajstić information content (AvgIpc) is 2.69. The lowest BCUT2D eigenvalue weighted by atomic mass is 9.67. The van der Waals surface area contributed by atoms with Crippen LogP contribution in [0.4, 0.5) is 0 Å². The van der Waals surface area contributed by atoms with Crippen molar-refractivity contribution in [3.8, 4) is 0 Å². The summed E-state index contributed by atoms with van der Waals surface area (Å²) < 4.78 is 24.4. The number of hydrogen-bond acceptors (Lipinski definition) is 3. The van der Waals surface area contributed by atoms with Crippen molar-refractivity contribution in [1.82, 2.24) is 4.90 Å². The van der Waals surface area contributed by atoms with Crippen molar-refractivity contribution in [2.75, 3.05) is 18.8 Å². The van der Waals surface area contributed by atoms with E-state index < -0.39 is 9.84 Å². The molecule has 3 rings (SSSR count). The molecule has 2 saturated carbocycles. The third-order valence-electron chi connectivity index (χ3n) is 7.81. The van der Waals surface area contributed by atoms with Crippen LogP contribution in [0.1, 0.15) is 90.9 Å². The van der Waals surface area contributed by atoms with Crippen molar-refractivity contribution in [3.05, 3.63) is 0 Å². The Hall–Kier alpha value is -0.580. The Labute approximate surface area is 172 Å². The molecule has 0 spiro atoms. The van der Waals surface area contributed by atoms with E-state index in [1.165, 1.54) is 57.8 Å². The highest BCUT2D eigenvalue weighted by molar-refractivity contribution is 7.91. The number of amides is 1. The van der Waals surface area contributed by atoms with E-state index in [0.717, 1.165) is 44.2 Å². The summed E-state index contributed by atoms with van der Waals surface area (Å²) in [5.41, 5.74) is 0. The van der Waals surface area contributed by atoms with Gasteiger partial charge in [0.1, 0.15) is 0 Å². The zero-order valence-corrected chi connectivity index (χ0v) is 18.9. The minimum absolute atomic E-state index is 0.223. The van der Waals surface area contributed by atoms with Crippen LogP contribution in [-0.4, -0.2) is 43.3 Å². The van der Waals surface area contributed by atoms with Gasteiger partial charge in [0, 0.05) is 19.5 Å². The zero-order valence-electron chi connectivity index (χ0n) is 18.1. The second-order valence-corrected chi connectivity index (χ2v) is 12.6. The Morgan fingerprint density at radius 3 is 2.14 bits per heavy atom. The molecule has 0 radical (unpaired) electrons. The predicted molar refractivity (Wildman–Crippen MR) is 115 cm³/mol.